The van der Waals surface area contributed by atoms with Crippen molar-refractivity contribution in [3.05, 3.63) is 42.0 Å². The highest BCUT2D eigenvalue weighted by atomic mass is 32.2. The van der Waals surface area contributed by atoms with Gasteiger partial charge in [0.15, 0.2) is 9.84 Å². The van der Waals surface area contributed by atoms with E-state index >= 15 is 0 Å². The van der Waals surface area contributed by atoms with E-state index < -0.39 is 22.0 Å². The summed E-state index contributed by atoms with van der Waals surface area (Å²) in [6.07, 6.45) is -1.73. The molecule has 5 nitrogen and oxygen atoms in total. The molecule has 0 bridgehead atoms. The van der Waals surface area contributed by atoms with Gasteiger partial charge in [0.2, 0.25) is 0 Å². The van der Waals surface area contributed by atoms with Crippen molar-refractivity contribution in [2.75, 3.05) is 11.5 Å². The lowest BCUT2D eigenvalue weighted by atomic mass is 10.0. The Balaban J connectivity index is 1.98. The van der Waals surface area contributed by atoms with Crippen LogP contribution in [0.15, 0.2) is 36.4 Å². The van der Waals surface area contributed by atoms with Gasteiger partial charge in [-0.1, -0.05) is 30.3 Å². The Labute approximate surface area is 123 Å². The first kappa shape index (κ1) is 14.3. The van der Waals surface area contributed by atoms with E-state index in [1.807, 2.05) is 30.3 Å². The van der Waals surface area contributed by atoms with Gasteiger partial charge in [-0.3, -0.25) is 0 Å². The van der Waals surface area contributed by atoms with Crippen molar-refractivity contribution < 1.29 is 18.3 Å². The van der Waals surface area contributed by atoms with Gasteiger partial charge in [0.25, 0.3) is 0 Å². The average Bonchev–Trinajstić information content (AvgIpc) is 2.71. The topological polar surface area (TPSA) is 89.6 Å². The summed E-state index contributed by atoms with van der Waals surface area (Å²) in [6.45, 7) is 0.284. The molecule has 112 valence electrons. The van der Waals surface area contributed by atoms with E-state index in [2.05, 4.69) is 0 Å². The van der Waals surface area contributed by atoms with Crippen LogP contribution in [0.5, 0.6) is 5.75 Å². The molecule has 6 heteroatoms. The number of aliphatic hydroxyl groups excluding tert-OH is 1. The molecular formula is C15H17NO4S. The minimum atomic E-state index is -3.23. The first-order valence-electron chi connectivity index (χ1n) is 6.76. The summed E-state index contributed by atoms with van der Waals surface area (Å²) < 4.78 is 28.8. The second kappa shape index (κ2) is 5.29. The number of rotatable bonds is 3. The van der Waals surface area contributed by atoms with E-state index in [4.69, 9.17) is 10.5 Å². The number of fused-ring (bicyclic) bond motifs is 1. The summed E-state index contributed by atoms with van der Waals surface area (Å²) >= 11 is 0. The maximum absolute atomic E-state index is 11.5. The zero-order chi connectivity index (χ0) is 15.0. The quantitative estimate of drug-likeness (QED) is 0.877. The number of hydrogen-bond acceptors (Lipinski definition) is 5. The SMILES string of the molecule is NCc1c(OC2CS(=O)(=O)CC2O)ccc2ccccc12. The number of nitrogens with two attached hydrogens (primary N) is 1. The van der Waals surface area contributed by atoms with Crippen molar-refractivity contribution in [2.45, 2.75) is 18.8 Å². The monoisotopic (exact) mass is 307 g/mol. The van der Waals surface area contributed by atoms with E-state index in [1.165, 1.54) is 0 Å². The fraction of sp³-hybridized carbons (Fsp3) is 0.333. The fourth-order valence-electron chi connectivity index (χ4n) is 2.71. The van der Waals surface area contributed by atoms with Crippen molar-refractivity contribution in [3.63, 3.8) is 0 Å². The smallest absolute Gasteiger partial charge is 0.156 e. The van der Waals surface area contributed by atoms with E-state index in [-0.39, 0.29) is 18.1 Å². The van der Waals surface area contributed by atoms with E-state index in [0.29, 0.717) is 5.75 Å². The van der Waals surface area contributed by atoms with Gasteiger partial charge in [0.1, 0.15) is 18.0 Å². The van der Waals surface area contributed by atoms with Crippen LogP contribution >= 0.6 is 0 Å². The van der Waals surface area contributed by atoms with Crippen LogP contribution < -0.4 is 10.5 Å². The van der Waals surface area contributed by atoms with E-state index in [9.17, 15) is 13.5 Å². The number of aliphatic hydroxyl groups is 1. The molecule has 0 amide bonds. The first-order valence-corrected chi connectivity index (χ1v) is 8.58. The van der Waals surface area contributed by atoms with Crippen molar-refractivity contribution in [3.8, 4) is 5.75 Å². The largest absolute Gasteiger partial charge is 0.486 e. The molecule has 1 saturated heterocycles. The highest BCUT2D eigenvalue weighted by Crippen LogP contribution is 2.30. The summed E-state index contributed by atoms with van der Waals surface area (Å²) in [4.78, 5) is 0. The highest BCUT2D eigenvalue weighted by Gasteiger charge is 2.38. The van der Waals surface area contributed by atoms with Crippen LogP contribution in [-0.4, -0.2) is 37.2 Å². The molecule has 1 heterocycles. The predicted molar refractivity (Wildman–Crippen MR) is 80.9 cm³/mol. The van der Waals surface area contributed by atoms with Gasteiger partial charge in [0.05, 0.1) is 11.5 Å². The van der Waals surface area contributed by atoms with Gasteiger partial charge in [-0.2, -0.15) is 0 Å². The zero-order valence-electron chi connectivity index (χ0n) is 11.4. The van der Waals surface area contributed by atoms with E-state index in [1.54, 1.807) is 6.07 Å². The second-order valence-electron chi connectivity index (χ2n) is 5.27. The maximum atomic E-state index is 11.5. The number of benzene rings is 2. The second-order valence-corrected chi connectivity index (χ2v) is 7.42. The lowest BCUT2D eigenvalue weighted by Gasteiger charge is -2.19. The Bertz CT molecular complexity index is 772. The third-order valence-electron chi connectivity index (χ3n) is 3.75. The van der Waals surface area contributed by atoms with Crippen LogP contribution in [0.3, 0.4) is 0 Å². The molecule has 2 aromatic rings. The molecule has 1 fully saturated rings. The minimum Gasteiger partial charge on any atom is -0.486 e. The Morgan fingerprint density at radius 3 is 2.62 bits per heavy atom. The van der Waals surface area contributed by atoms with Crippen LogP contribution in [0.4, 0.5) is 0 Å². The zero-order valence-corrected chi connectivity index (χ0v) is 12.2. The van der Waals surface area contributed by atoms with Crippen LogP contribution in [0.2, 0.25) is 0 Å². The molecule has 1 aliphatic rings. The Hall–Kier alpha value is -1.63. The van der Waals surface area contributed by atoms with Crippen molar-refractivity contribution in [1.29, 1.82) is 0 Å². The van der Waals surface area contributed by atoms with Gasteiger partial charge >= 0.3 is 0 Å². The van der Waals surface area contributed by atoms with E-state index in [0.717, 1.165) is 16.3 Å². The maximum Gasteiger partial charge on any atom is 0.156 e. The van der Waals surface area contributed by atoms with Crippen LogP contribution in [0.1, 0.15) is 5.56 Å². The van der Waals surface area contributed by atoms with Gasteiger partial charge in [-0.05, 0) is 16.8 Å². The molecule has 0 radical (unpaired) electrons. The predicted octanol–water partition coefficient (Wildman–Crippen LogP) is 0.835. The lowest BCUT2D eigenvalue weighted by molar-refractivity contribution is 0.0733. The Kier molecular flexibility index (Phi) is 3.61. The van der Waals surface area contributed by atoms with Gasteiger partial charge in [-0.25, -0.2) is 8.42 Å². The van der Waals surface area contributed by atoms with Gasteiger partial charge in [-0.15, -0.1) is 0 Å². The molecule has 0 spiro atoms. The summed E-state index contributed by atoms with van der Waals surface area (Å²) in [5.41, 5.74) is 6.64. The van der Waals surface area contributed by atoms with Gasteiger partial charge in [0, 0.05) is 12.1 Å². The normalized spacial score (nSPS) is 24.3. The molecule has 1 aliphatic heterocycles. The highest BCUT2D eigenvalue weighted by molar-refractivity contribution is 7.91. The molecule has 3 rings (SSSR count). The number of ether oxygens (including phenoxy) is 1. The molecule has 2 atom stereocenters. The molecular weight excluding hydrogens is 290 g/mol. The molecule has 21 heavy (non-hydrogen) atoms. The molecule has 0 saturated carbocycles. The fourth-order valence-corrected chi connectivity index (χ4v) is 4.37. The molecule has 0 aromatic heterocycles. The standard InChI is InChI=1S/C15H17NO4S/c16-7-12-11-4-2-1-3-10(11)5-6-14(12)20-15-9-21(18,19)8-13(15)17/h1-6,13,15,17H,7-9,16H2. The van der Waals surface area contributed by atoms with Crippen molar-refractivity contribution in [2.24, 2.45) is 5.73 Å². The molecule has 2 unspecified atom stereocenters. The number of hydrogen-bond donors (Lipinski definition) is 2. The Morgan fingerprint density at radius 2 is 1.95 bits per heavy atom. The minimum absolute atomic E-state index is 0.162. The third-order valence-corrected chi connectivity index (χ3v) is 5.44. The lowest BCUT2D eigenvalue weighted by Crippen LogP contribution is -2.30. The average molecular weight is 307 g/mol. The molecule has 0 aliphatic carbocycles. The third kappa shape index (κ3) is 2.74. The summed E-state index contributed by atoms with van der Waals surface area (Å²) in [7, 11) is -3.23. The molecule has 2 aromatic carbocycles. The molecule has 3 N–H and O–H groups in total. The first-order chi connectivity index (χ1) is 10.00. The Morgan fingerprint density at radius 1 is 1.19 bits per heavy atom. The van der Waals surface area contributed by atoms with Crippen molar-refractivity contribution in [1.82, 2.24) is 0 Å². The van der Waals surface area contributed by atoms with Crippen molar-refractivity contribution >= 4 is 20.6 Å². The van der Waals surface area contributed by atoms with Crippen LogP contribution in [-0.2, 0) is 16.4 Å². The summed E-state index contributed by atoms with van der Waals surface area (Å²) in [6, 6.07) is 11.5. The summed E-state index contributed by atoms with van der Waals surface area (Å²) in [5.74, 6) is 0.131. The van der Waals surface area contributed by atoms with Crippen LogP contribution in [0, 0.1) is 0 Å². The van der Waals surface area contributed by atoms with Gasteiger partial charge < -0.3 is 15.6 Å². The number of sulfone groups is 1. The van der Waals surface area contributed by atoms with Crippen LogP contribution in [0.25, 0.3) is 10.8 Å². The summed E-state index contributed by atoms with van der Waals surface area (Å²) in [5, 5.41) is 11.9.